The molecule has 22 heavy (non-hydrogen) atoms. The first-order valence-electron chi connectivity index (χ1n) is 7.35. The molecule has 0 aromatic carbocycles. The summed E-state index contributed by atoms with van der Waals surface area (Å²) in [4.78, 5) is 25.5. The van der Waals surface area contributed by atoms with E-state index >= 15 is 0 Å². The second-order valence-electron chi connectivity index (χ2n) is 5.34. The van der Waals surface area contributed by atoms with Crippen LogP contribution in [-0.4, -0.2) is 33.4 Å². The Morgan fingerprint density at radius 1 is 1.45 bits per heavy atom. The number of hydrogen-bond donors (Lipinski definition) is 2. The monoisotopic (exact) mass is 302 g/mol. The third-order valence-electron chi connectivity index (χ3n) is 3.60. The molecule has 0 radical (unpaired) electrons. The number of amides is 1. The quantitative estimate of drug-likeness (QED) is 0.893. The third kappa shape index (κ3) is 3.62. The van der Waals surface area contributed by atoms with Crippen molar-refractivity contribution in [2.45, 2.75) is 31.9 Å². The van der Waals surface area contributed by atoms with Gasteiger partial charge in [-0.15, -0.1) is 0 Å². The predicted molar refractivity (Wildman–Crippen MR) is 80.8 cm³/mol. The number of carbonyl (C=O) groups excluding carboxylic acids is 1. The Hall–Kier alpha value is -2.41. The maximum atomic E-state index is 12.0. The first-order valence-corrected chi connectivity index (χ1v) is 7.35. The summed E-state index contributed by atoms with van der Waals surface area (Å²) in [5.74, 6) is -0.287. The number of rotatable bonds is 4. The van der Waals surface area contributed by atoms with E-state index in [1.54, 1.807) is 17.1 Å². The topological polar surface area (TPSA) is 89.0 Å². The lowest BCUT2D eigenvalue weighted by molar-refractivity contribution is 0.00401. The van der Waals surface area contributed by atoms with Gasteiger partial charge in [0.1, 0.15) is 0 Å². The standard InChI is InChI=1S/C15H18N4O3/c20-14-5-4-11(7-16-14)15(21)18-12-8-17-19(9-12)10-13-3-1-2-6-22-13/h4-5,7-9,13H,1-3,6,10H2,(H,16,20)(H,18,21). The van der Waals surface area contributed by atoms with Crippen LogP contribution in [0.3, 0.4) is 0 Å². The Morgan fingerprint density at radius 3 is 3.09 bits per heavy atom. The average Bonchev–Trinajstić information content (AvgIpc) is 2.96. The molecule has 2 aromatic rings. The highest BCUT2D eigenvalue weighted by molar-refractivity contribution is 6.03. The fraction of sp³-hybridized carbons (Fsp3) is 0.400. The molecule has 1 aliphatic heterocycles. The van der Waals surface area contributed by atoms with Crippen LogP contribution in [-0.2, 0) is 11.3 Å². The fourth-order valence-corrected chi connectivity index (χ4v) is 2.44. The van der Waals surface area contributed by atoms with E-state index in [0.29, 0.717) is 17.8 Å². The van der Waals surface area contributed by atoms with Gasteiger partial charge >= 0.3 is 0 Å². The molecule has 1 unspecified atom stereocenters. The molecule has 0 spiro atoms. The number of pyridine rings is 1. The minimum atomic E-state index is -0.287. The van der Waals surface area contributed by atoms with Crippen LogP contribution in [0.15, 0.2) is 35.5 Å². The van der Waals surface area contributed by atoms with Crippen molar-refractivity contribution >= 4 is 11.6 Å². The Morgan fingerprint density at radius 2 is 2.36 bits per heavy atom. The summed E-state index contributed by atoms with van der Waals surface area (Å²) < 4.78 is 7.45. The number of aromatic nitrogens is 3. The maximum Gasteiger partial charge on any atom is 0.257 e. The molecule has 7 nitrogen and oxygen atoms in total. The lowest BCUT2D eigenvalue weighted by atomic mass is 10.1. The SMILES string of the molecule is O=C(Nc1cnn(CC2CCCCO2)c1)c1ccc(=O)[nH]c1. The van der Waals surface area contributed by atoms with Crippen molar-refractivity contribution < 1.29 is 9.53 Å². The van der Waals surface area contributed by atoms with E-state index in [1.807, 2.05) is 0 Å². The van der Waals surface area contributed by atoms with Crippen molar-refractivity contribution in [2.24, 2.45) is 0 Å². The Balaban J connectivity index is 1.60. The minimum Gasteiger partial charge on any atom is -0.376 e. The highest BCUT2D eigenvalue weighted by atomic mass is 16.5. The van der Waals surface area contributed by atoms with Gasteiger partial charge in [0, 0.05) is 25.1 Å². The number of hydrogen-bond acceptors (Lipinski definition) is 4. The highest BCUT2D eigenvalue weighted by Gasteiger charge is 2.15. The van der Waals surface area contributed by atoms with Gasteiger partial charge in [-0.2, -0.15) is 5.10 Å². The second kappa shape index (κ2) is 6.57. The van der Waals surface area contributed by atoms with Crippen molar-refractivity contribution in [3.63, 3.8) is 0 Å². The summed E-state index contributed by atoms with van der Waals surface area (Å²) >= 11 is 0. The van der Waals surface area contributed by atoms with Gasteiger partial charge < -0.3 is 15.0 Å². The highest BCUT2D eigenvalue weighted by Crippen LogP contribution is 2.15. The predicted octanol–water partition coefficient (Wildman–Crippen LogP) is 1.39. The molecular weight excluding hydrogens is 284 g/mol. The molecule has 116 valence electrons. The van der Waals surface area contributed by atoms with E-state index in [0.717, 1.165) is 19.4 Å². The largest absolute Gasteiger partial charge is 0.376 e. The van der Waals surface area contributed by atoms with Crippen molar-refractivity contribution in [1.82, 2.24) is 14.8 Å². The molecular formula is C15H18N4O3. The van der Waals surface area contributed by atoms with E-state index in [1.165, 1.54) is 24.8 Å². The summed E-state index contributed by atoms with van der Waals surface area (Å²) in [6.45, 7) is 1.50. The van der Waals surface area contributed by atoms with Gasteiger partial charge in [-0.1, -0.05) is 0 Å². The Labute approximate surface area is 127 Å². The fourth-order valence-electron chi connectivity index (χ4n) is 2.44. The number of ether oxygens (including phenoxy) is 1. The second-order valence-corrected chi connectivity index (χ2v) is 5.34. The van der Waals surface area contributed by atoms with E-state index in [4.69, 9.17) is 4.74 Å². The van der Waals surface area contributed by atoms with Crippen LogP contribution in [0.25, 0.3) is 0 Å². The molecule has 1 atom stereocenters. The summed E-state index contributed by atoms with van der Waals surface area (Å²) in [6, 6.07) is 2.80. The maximum absolute atomic E-state index is 12.0. The molecule has 0 bridgehead atoms. The average molecular weight is 302 g/mol. The van der Waals surface area contributed by atoms with Crippen LogP contribution >= 0.6 is 0 Å². The van der Waals surface area contributed by atoms with Gasteiger partial charge in [-0.3, -0.25) is 14.3 Å². The van der Waals surface area contributed by atoms with E-state index in [9.17, 15) is 9.59 Å². The normalized spacial score (nSPS) is 18.1. The number of nitrogens with zero attached hydrogens (tertiary/aromatic N) is 2. The van der Waals surface area contributed by atoms with Gasteiger partial charge in [0.15, 0.2) is 0 Å². The molecule has 1 saturated heterocycles. The van der Waals surface area contributed by atoms with Crippen LogP contribution < -0.4 is 10.9 Å². The molecule has 2 N–H and O–H groups in total. The van der Waals surface area contributed by atoms with Crippen LogP contribution in [0.1, 0.15) is 29.6 Å². The number of anilines is 1. The molecule has 3 rings (SSSR count). The van der Waals surface area contributed by atoms with Crippen molar-refractivity contribution in [3.8, 4) is 0 Å². The number of carbonyl (C=O) groups is 1. The number of H-pyrrole nitrogens is 1. The third-order valence-corrected chi connectivity index (χ3v) is 3.60. The van der Waals surface area contributed by atoms with Gasteiger partial charge in [0.25, 0.3) is 5.91 Å². The molecule has 1 amide bonds. The van der Waals surface area contributed by atoms with Gasteiger partial charge in [0.05, 0.1) is 30.1 Å². The Bertz CT molecular complexity index is 680. The number of nitrogens with one attached hydrogen (secondary N) is 2. The minimum absolute atomic E-state index is 0.191. The lowest BCUT2D eigenvalue weighted by Crippen LogP contribution is -2.24. The van der Waals surface area contributed by atoms with Crippen molar-refractivity contribution in [2.75, 3.05) is 11.9 Å². The van der Waals surface area contributed by atoms with E-state index in [2.05, 4.69) is 15.4 Å². The zero-order chi connectivity index (χ0) is 15.4. The van der Waals surface area contributed by atoms with E-state index < -0.39 is 0 Å². The summed E-state index contributed by atoms with van der Waals surface area (Å²) in [5.41, 5.74) is 0.770. The first kappa shape index (κ1) is 14.5. The van der Waals surface area contributed by atoms with E-state index in [-0.39, 0.29) is 17.6 Å². The van der Waals surface area contributed by atoms with Crippen LogP contribution in [0.2, 0.25) is 0 Å². The first-order chi connectivity index (χ1) is 10.7. The van der Waals surface area contributed by atoms with Gasteiger partial charge in [0.2, 0.25) is 5.56 Å². The number of aromatic amines is 1. The van der Waals surface area contributed by atoms with Gasteiger partial charge in [-0.25, -0.2) is 0 Å². The zero-order valence-electron chi connectivity index (χ0n) is 12.1. The smallest absolute Gasteiger partial charge is 0.257 e. The molecule has 1 aliphatic rings. The van der Waals surface area contributed by atoms with Crippen molar-refractivity contribution in [3.05, 3.63) is 46.6 Å². The van der Waals surface area contributed by atoms with Crippen LogP contribution in [0, 0.1) is 0 Å². The summed E-state index contributed by atoms with van der Waals surface area (Å²) in [5, 5.41) is 6.99. The van der Waals surface area contributed by atoms with Crippen LogP contribution in [0.4, 0.5) is 5.69 Å². The lowest BCUT2D eigenvalue weighted by Gasteiger charge is -2.22. The van der Waals surface area contributed by atoms with Crippen molar-refractivity contribution in [1.29, 1.82) is 0 Å². The molecule has 2 aromatic heterocycles. The zero-order valence-corrected chi connectivity index (χ0v) is 12.1. The summed E-state index contributed by atoms with van der Waals surface area (Å²) in [6.07, 6.45) is 8.30. The Kier molecular flexibility index (Phi) is 4.34. The molecule has 0 saturated carbocycles. The molecule has 1 fully saturated rings. The molecule has 7 heteroatoms. The molecule has 3 heterocycles. The summed E-state index contributed by atoms with van der Waals surface area (Å²) in [7, 11) is 0. The van der Waals surface area contributed by atoms with Gasteiger partial charge in [-0.05, 0) is 25.3 Å². The molecule has 0 aliphatic carbocycles. The van der Waals surface area contributed by atoms with Crippen LogP contribution in [0.5, 0.6) is 0 Å².